The van der Waals surface area contributed by atoms with Gasteiger partial charge in [0.15, 0.2) is 0 Å². The van der Waals surface area contributed by atoms with E-state index in [1.165, 1.54) is 6.21 Å². The lowest BCUT2D eigenvalue weighted by molar-refractivity contribution is 1.07. The highest BCUT2D eigenvalue weighted by Gasteiger charge is 1.98. The van der Waals surface area contributed by atoms with Crippen LogP contribution in [0.25, 0.3) is 0 Å². The Kier molecular flexibility index (Phi) is 6.73. The van der Waals surface area contributed by atoms with Crippen molar-refractivity contribution in [2.24, 2.45) is 4.99 Å². The van der Waals surface area contributed by atoms with Crippen LogP contribution in [0.15, 0.2) is 28.9 Å². The van der Waals surface area contributed by atoms with Gasteiger partial charge < -0.3 is 0 Å². The molecule has 3 nitrogen and oxygen atoms in total. The highest BCUT2D eigenvalue weighted by molar-refractivity contribution is 5.61. The second kappa shape index (κ2) is 7.76. The lowest BCUT2D eigenvalue weighted by atomic mass is 10.0. The number of nitriles is 2. The van der Waals surface area contributed by atoms with Crippen molar-refractivity contribution in [2.45, 2.75) is 26.2 Å². The van der Waals surface area contributed by atoms with Gasteiger partial charge >= 0.3 is 0 Å². The summed E-state index contributed by atoms with van der Waals surface area (Å²) in [6, 6.07) is 4.01. The highest BCUT2D eigenvalue weighted by Crippen LogP contribution is 2.14. The van der Waals surface area contributed by atoms with Crippen molar-refractivity contribution in [3.05, 3.63) is 23.9 Å². The summed E-state index contributed by atoms with van der Waals surface area (Å²) >= 11 is 0. The van der Waals surface area contributed by atoms with Gasteiger partial charge in [-0.1, -0.05) is 13.5 Å². The summed E-state index contributed by atoms with van der Waals surface area (Å²) in [5.41, 5.74) is 1.75. The van der Waals surface area contributed by atoms with E-state index < -0.39 is 0 Å². The molecule has 0 heterocycles. The quantitative estimate of drug-likeness (QED) is 0.490. The molecule has 0 rings (SSSR count). The molecular formula is C11H13N3. The topological polar surface area (TPSA) is 59.9 Å². The summed E-state index contributed by atoms with van der Waals surface area (Å²) in [4.78, 5) is 3.93. The van der Waals surface area contributed by atoms with Gasteiger partial charge in [0, 0.05) is 12.4 Å². The zero-order valence-corrected chi connectivity index (χ0v) is 8.32. The average Bonchev–Trinajstić information content (AvgIpc) is 2.21. The molecule has 0 aromatic heterocycles. The second-order valence-corrected chi connectivity index (χ2v) is 2.64. The van der Waals surface area contributed by atoms with Crippen molar-refractivity contribution in [2.75, 3.05) is 0 Å². The summed E-state index contributed by atoms with van der Waals surface area (Å²) in [5, 5.41) is 16.8. The molecular weight excluding hydrogens is 174 g/mol. The van der Waals surface area contributed by atoms with Crippen molar-refractivity contribution >= 4 is 6.21 Å². The van der Waals surface area contributed by atoms with Crippen molar-refractivity contribution < 1.29 is 0 Å². The predicted molar refractivity (Wildman–Crippen MR) is 56.5 cm³/mol. The van der Waals surface area contributed by atoms with Crippen LogP contribution in [0.4, 0.5) is 0 Å². The second-order valence-electron chi connectivity index (χ2n) is 2.64. The fraction of sp³-hybridized carbons (Fsp3) is 0.364. The zero-order valence-electron chi connectivity index (χ0n) is 8.32. The van der Waals surface area contributed by atoms with Crippen LogP contribution in [-0.4, -0.2) is 6.21 Å². The van der Waals surface area contributed by atoms with Crippen molar-refractivity contribution in [1.82, 2.24) is 0 Å². The molecule has 0 saturated carbocycles. The maximum Gasteiger partial charge on any atom is 0.0705 e. The molecule has 0 radical (unpaired) electrons. The van der Waals surface area contributed by atoms with Crippen LogP contribution < -0.4 is 0 Å². The third-order valence-electron chi connectivity index (χ3n) is 1.67. The third kappa shape index (κ3) is 4.90. The van der Waals surface area contributed by atoms with E-state index in [9.17, 15) is 0 Å². The Morgan fingerprint density at radius 2 is 2.14 bits per heavy atom. The first kappa shape index (κ1) is 12.1. The highest BCUT2D eigenvalue weighted by atomic mass is 14.7. The van der Waals surface area contributed by atoms with Gasteiger partial charge in [-0.25, -0.2) is 0 Å². The number of hydrogen-bond acceptors (Lipinski definition) is 3. The molecule has 0 N–H and O–H groups in total. The summed E-state index contributed by atoms with van der Waals surface area (Å²) < 4.78 is 0. The smallest absolute Gasteiger partial charge is 0.0705 e. The molecule has 0 aromatic carbocycles. The van der Waals surface area contributed by atoms with Crippen molar-refractivity contribution in [1.29, 1.82) is 10.5 Å². The lowest BCUT2D eigenvalue weighted by Gasteiger charge is -2.01. The first-order valence-electron chi connectivity index (χ1n) is 4.39. The third-order valence-corrected chi connectivity index (χ3v) is 1.67. The summed E-state index contributed by atoms with van der Waals surface area (Å²) in [5.74, 6) is 0. The molecule has 72 valence electrons. The van der Waals surface area contributed by atoms with Crippen LogP contribution in [-0.2, 0) is 0 Å². The largest absolute Gasteiger partial charge is 0.268 e. The van der Waals surface area contributed by atoms with Crippen LogP contribution >= 0.6 is 0 Å². The Hall–Kier alpha value is -1.87. The zero-order chi connectivity index (χ0) is 10.8. The summed E-state index contributed by atoms with van der Waals surface area (Å²) in [6.07, 6.45) is 4.53. The molecule has 0 spiro atoms. The fourth-order valence-electron chi connectivity index (χ4n) is 0.810. The van der Waals surface area contributed by atoms with Crippen LogP contribution in [0.5, 0.6) is 0 Å². The van der Waals surface area contributed by atoms with Crippen LogP contribution in [0.2, 0.25) is 0 Å². The molecule has 0 bridgehead atoms. The van der Waals surface area contributed by atoms with Crippen LogP contribution in [0, 0.1) is 22.7 Å². The first-order valence-corrected chi connectivity index (χ1v) is 4.39. The summed E-state index contributed by atoms with van der Waals surface area (Å²) in [6.45, 7) is 5.81. The van der Waals surface area contributed by atoms with Gasteiger partial charge in [0.05, 0.1) is 25.0 Å². The van der Waals surface area contributed by atoms with E-state index >= 15 is 0 Å². The molecule has 0 aliphatic carbocycles. The molecule has 0 aliphatic heterocycles. The van der Waals surface area contributed by atoms with Gasteiger partial charge in [-0.2, -0.15) is 10.5 Å². The number of nitrogens with zero attached hydrogens (tertiary/aromatic N) is 3. The van der Waals surface area contributed by atoms with E-state index in [-0.39, 0.29) is 6.42 Å². The van der Waals surface area contributed by atoms with Crippen molar-refractivity contribution in [3.63, 3.8) is 0 Å². The van der Waals surface area contributed by atoms with E-state index in [1.54, 1.807) is 6.20 Å². The Morgan fingerprint density at radius 3 is 2.64 bits per heavy atom. The normalized spacial score (nSPS) is 10.9. The summed E-state index contributed by atoms with van der Waals surface area (Å²) in [7, 11) is 0. The van der Waals surface area contributed by atoms with Crippen LogP contribution in [0.1, 0.15) is 26.2 Å². The lowest BCUT2D eigenvalue weighted by Crippen LogP contribution is -1.85. The minimum Gasteiger partial charge on any atom is -0.268 e. The average molecular weight is 187 g/mol. The van der Waals surface area contributed by atoms with Gasteiger partial charge in [-0.05, 0) is 17.6 Å². The number of rotatable bonds is 5. The Morgan fingerprint density at radius 1 is 1.43 bits per heavy atom. The van der Waals surface area contributed by atoms with E-state index in [0.29, 0.717) is 6.42 Å². The van der Waals surface area contributed by atoms with Gasteiger partial charge in [-0.3, -0.25) is 4.99 Å². The molecule has 0 aliphatic rings. The monoisotopic (exact) mass is 187 g/mol. The fourth-order valence-corrected chi connectivity index (χ4v) is 0.810. The van der Waals surface area contributed by atoms with Gasteiger partial charge in [0.25, 0.3) is 0 Å². The molecule has 0 aromatic rings. The number of aliphatic imine (C=N–C) groups is 1. The molecule has 0 saturated heterocycles. The molecule has 0 unspecified atom stereocenters. The minimum absolute atomic E-state index is 0.287. The molecule has 0 atom stereocenters. The van der Waals surface area contributed by atoms with E-state index in [4.69, 9.17) is 10.5 Å². The first-order chi connectivity index (χ1) is 6.76. The van der Waals surface area contributed by atoms with Crippen LogP contribution in [0.3, 0.4) is 0 Å². The van der Waals surface area contributed by atoms with Crippen molar-refractivity contribution in [3.8, 4) is 12.1 Å². The predicted octanol–water partition coefficient (Wildman–Crippen LogP) is 2.73. The van der Waals surface area contributed by atoms with Gasteiger partial charge in [0.2, 0.25) is 0 Å². The minimum atomic E-state index is 0.287. The Labute approximate surface area is 84.7 Å². The standard InChI is InChI=1S/C11H13N3/c1-3-10(2)11(5-7-13)9-14-8-4-6-12/h8-9H,2-5H2,1H3/b11-9-,14-8-. The molecule has 14 heavy (non-hydrogen) atoms. The Bertz CT molecular complexity index is 323. The molecule has 0 amide bonds. The van der Waals surface area contributed by atoms with E-state index in [2.05, 4.69) is 17.6 Å². The number of hydrogen-bond donors (Lipinski definition) is 0. The SMILES string of the molecule is C=C(CC)/C(=C\N=C/CC#N)CC#N. The Balaban J connectivity index is 4.43. The maximum atomic E-state index is 8.55. The van der Waals surface area contributed by atoms with Gasteiger partial charge in [-0.15, -0.1) is 0 Å². The number of allylic oxidation sites excluding steroid dienone is 2. The maximum absolute atomic E-state index is 8.55. The van der Waals surface area contributed by atoms with E-state index in [0.717, 1.165) is 17.6 Å². The van der Waals surface area contributed by atoms with Gasteiger partial charge in [0.1, 0.15) is 0 Å². The van der Waals surface area contributed by atoms with E-state index in [1.807, 2.05) is 13.0 Å². The molecule has 0 fully saturated rings. The molecule has 3 heteroatoms.